The lowest BCUT2D eigenvalue weighted by Gasteiger charge is -2.15. The Hall–Kier alpha value is -0.930. The van der Waals surface area contributed by atoms with Crippen LogP contribution < -0.4 is 0 Å². The third-order valence-corrected chi connectivity index (χ3v) is 3.15. The molecule has 2 nitrogen and oxygen atoms in total. The number of halogens is 1. The van der Waals surface area contributed by atoms with Crippen molar-refractivity contribution in [3.8, 4) is 0 Å². The molecule has 1 aliphatic heterocycles. The molecule has 88 valence electrons. The summed E-state index contributed by atoms with van der Waals surface area (Å²) in [5.74, 6) is 0.209. The first kappa shape index (κ1) is 11.6. The number of aryl methyl sites for hydroxylation is 1. The minimum Gasteiger partial charge on any atom is -0.388 e. The highest BCUT2D eigenvalue weighted by Crippen LogP contribution is 2.27. The second-order valence-electron chi connectivity index (χ2n) is 4.49. The van der Waals surface area contributed by atoms with Gasteiger partial charge in [0.25, 0.3) is 0 Å². The molecule has 0 radical (unpaired) electrons. The Morgan fingerprint density at radius 1 is 1.56 bits per heavy atom. The van der Waals surface area contributed by atoms with Crippen molar-refractivity contribution in [1.82, 2.24) is 0 Å². The quantitative estimate of drug-likeness (QED) is 0.855. The van der Waals surface area contributed by atoms with Crippen LogP contribution >= 0.6 is 0 Å². The molecule has 0 amide bonds. The Bertz CT molecular complexity index is 359. The SMILES string of the molecule is Cc1cc(C(O)CC2CCOC2)ccc1F. The van der Waals surface area contributed by atoms with Crippen molar-refractivity contribution in [3.05, 3.63) is 35.1 Å². The van der Waals surface area contributed by atoms with Gasteiger partial charge in [0.05, 0.1) is 6.10 Å². The molecular weight excluding hydrogens is 207 g/mol. The highest BCUT2D eigenvalue weighted by molar-refractivity contribution is 5.25. The minimum absolute atomic E-state index is 0.222. The second-order valence-corrected chi connectivity index (χ2v) is 4.49. The van der Waals surface area contributed by atoms with Crippen LogP contribution in [0.4, 0.5) is 4.39 Å². The van der Waals surface area contributed by atoms with Crippen LogP contribution in [0, 0.1) is 18.7 Å². The highest BCUT2D eigenvalue weighted by Gasteiger charge is 2.20. The molecule has 1 aromatic rings. The van der Waals surface area contributed by atoms with Crippen molar-refractivity contribution in [2.75, 3.05) is 13.2 Å². The lowest BCUT2D eigenvalue weighted by Crippen LogP contribution is -2.07. The number of ether oxygens (including phenoxy) is 1. The molecule has 2 atom stereocenters. The standard InChI is InChI=1S/C13H17FO2/c1-9-6-11(2-3-12(9)14)13(15)7-10-4-5-16-8-10/h2-3,6,10,13,15H,4-5,7-8H2,1H3. The maximum atomic E-state index is 13.1. The molecule has 1 heterocycles. The van der Waals surface area contributed by atoms with Crippen molar-refractivity contribution in [2.24, 2.45) is 5.92 Å². The number of hydrogen-bond donors (Lipinski definition) is 1. The van der Waals surface area contributed by atoms with Gasteiger partial charge in [-0.15, -0.1) is 0 Å². The van der Waals surface area contributed by atoms with E-state index in [-0.39, 0.29) is 5.82 Å². The van der Waals surface area contributed by atoms with Crippen LogP contribution in [-0.4, -0.2) is 18.3 Å². The highest BCUT2D eigenvalue weighted by atomic mass is 19.1. The van der Waals surface area contributed by atoms with E-state index in [0.29, 0.717) is 17.9 Å². The van der Waals surface area contributed by atoms with Crippen LogP contribution in [0.2, 0.25) is 0 Å². The van der Waals surface area contributed by atoms with Gasteiger partial charge in [-0.1, -0.05) is 12.1 Å². The van der Waals surface area contributed by atoms with Crippen LogP contribution in [0.3, 0.4) is 0 Å². The van der Waals surface area contributed by atoms with Gasteiger partial charge in [0, 0.05) is 13.2 Å². The van der Waals surface area contributed by atoms with E-state index in [4.69, 9.17) is 4.74 Å². The molecular formula is C13H17FO2. The van der Waals surface area contributed by atoms with Crippen LogP contribution in [0.1, 0.15) is 30.1 Å². The van der Waals surface area contributed by atoms with E-state index in [1.54, 1.807) is 19.1 Å². The summed E-state index contributed by atoms with van der Waals surface area (Å²) in [6.07, 6.45) is 1.20. The van der Waals surface area contributed by atoms with E-state index in [0.717, 1.165) is 25.2 Å². The predicted octanol–water partition coefficient (Wildman–Crippen LogP) is 2.59. The zero-order valence-electron chi connectivity index (χ0n) is 9.45. The third-order valence-electron chi connectivity index (χ3n) is 3.15. The molecule has 1 fully saturated rings. The van der Waals surface area contributed by atoms with E-state index in [1.807, 2.05) is 0 Å². The molecule has 0 saturated carbocycles. The predicted molar refractivity (Wildman–Crippen MR) is 59.6 cm³/mol. The summed E-state index contributed by atoms with van der Waals surface area (Å²) in [6.45, 7) is 3.24. The molecule has 1 N–H and O–H groups in total. The first-order valence-electron chi connectivity index (χ1n) is 5.68. The smallest absolute Gasteiger partial charge is 0.126 e. The summed E-state index contributed by atoms with van der Waals surface area (Å²) in [5.41, 5.74) is 1.38. The van der Waals surface area contributed by atoms with E-state index in [1.165, 1.54) is 6.07 Å². The molecule has 1 saturated heterocycles. The fourth-order valence-corrected chi connectivity index (χ4v) is 2.10. The Labute approximate surface area is 95.1 Å². The van der Waals surface area contributed by atoms with Crippen molar-refractivity contribution < 1.29 is 14.2 Å². The summed E-state index contributed by atoms with van der Waals surface area (Å²) >= 11 is 0. The zero-order valence-corrected chi connectivity index (χ0v) is 9.45. The fraction of sp³-hybridized carbons (Fsp3) is 0.538. The van der Waals surface area contributed by atoms with Gasteiger partial charge in [-0.25, -0.2) is 4.39 Å². The van der Waals surface area contributed by atoms with Crippen molar-refractivity contribution in [3.63, 3.8) is 0 Å². The van der Waals surface area contributed by atoms with E-state index >= 15 is 0 Å². The average molecular weight is 224 g/mol. The van der Waals surface area contributed by atoms with Crippen LogP contribution in [0.5, 0.6) is 0 Å². The van der Waals surface area contributed by atoms with E-state index < -0.39 is 6.10 Å². The largest absolute Gasteiger partial charge is 0.388 e. The first-order valence-corrected chi connectivity index (χ1v) is 5.68. The van der Waals surface area contributed by atoms with Gasteiger partial charge in [0.2, 0.25) is 0 Å². The first-order chi connectivity index (χ1) is 7.66. The number of rotatable bonds is 3. The van der Waals surface area contributed by atoms with Crippen molar-refractivity contribution in [1.29, 1.82) is 0 Å². The molecule has 2 rings (SSSR count). The Morgan fingerprint density at radius 2 is 2.38 bits per heavy atom. The molecule has 2 unspecified atom stereocenters. The number of aliphatic hydroxyl groups is 1. The van der Waals surface area contributed by atoms with Crippen LogP contribution in [-0.2, 0) is 4.74 Å². The summed E-state index contributed by atoms with van der Waals surface area (Å²) in [7, 11) is 0. The normalized spacial score (nSPS) is 22.3. The summed E-state index contributed by atoms with van der Waals surface area (Å²) in [6, 6.07) is 4.79. The Morgan fingerprint density at radius 3 is 3.00 bits per heavy atom. The van der Waals surface area contributed by atoms with Crippen molar-refractivity contribution in [2.45, 2.75) is 25.9 Å². The monoisotopic (exact) mass is 224 g/mol. The molecule has 0 aliphatic carbocycles. The van der Waals surface area contributed by atoms with Gasteiger partial charge >= 0.3 is 0 Å². The van der Waals surface area contributed by atoms with Gasteiger partial charge in [-0.05, 0) is 42.9 Å². The maximum Gasteiger partial charge on any atom is 0.126 e. The van der Waals surface area contributed by atoms with E-state index in [9.17, 15) is 9.50 Å². The van der Waals surface area contributed by atoms with Crippen LogP contribution in [0.15, 0.2) is 18.2 Å². The van der Waals surface area contributed by atoms with Gasteiger partial charge in [-0.2, -0.15) is 0 Å². The number of benzene rings is 1. The van der Waals surface area contributed by atoms with Gasteiger partial charge in [-0.3, -0.25) is 0 Å². The van der Waals surface area contributed by atoms with Gasteiger partial charge in [0.1, 0.15) is 5.82 Å². The summed E-state index contributed by atoms with van der Waals surface area (Å²) in [4.78, 5) is 0. The van der Waals surface area contributed by atoms with Crippen molar-refractivity contribution >= 4 is 0 Å². The van der Waals surface area contributed by atoms with Crippen LogP contribution in [0.25, 0.3) is 0 Å². The Balaban J connectivity index is 2.02. The summed E-state index contributed by atoms with van der Waals surface area (Å²) < 4.78 is 18.3. The average Bonchev–Trinajstić information content (AvgIpc) is 2.74. The minimum atomic E-state index is -0.508. The molecule has 0 bridgehead atoms. The molecule has 1 aromatic carbocycles. The molecule has 1 aliphatic rings. The second kappa shape index (κ2) is 4.93. The fourth-order valence-electron chi connectivity index (χ4n) is 2.10. The lowest BCUT2D eigenvalue weighted by atomic mass is 9.95. The van der Waals surface area contributed by atoms with E-state index in [2.05, 4.69) is 0 Å². The topological polar surface area (TPSA) is 29.5 Å². The zero-order chi connectivity index (χ0) is 11.5. The summed E-state index contributed by atoms with van der Waals surface area (Å²) in [5, 5.41) is 10.0. The molecule has 16 heavy (non-hydrogen) atoms. The third kappa shape index (κ3) is 2.60. The molecule has 3 heteroatoms. The number of hydrogen-bond acceptors (Lipinski definition) is 2. The Kier molecular flexibility index (Phi) is 3.56. The molecule has 0 spiro atoms. The van der Waals surface area contributed by atoms with Gasteiger partial charge in [0.15, 0.2) is 0 Å². The van der Waals surface area contributed by atoms with Gasteiger partial charge < -0.3 is 9.84 Å². The molecule has 0 aromatic heterocycles. The maximum absolute atomic E-state index is 13.1. The lowest BCUT2D eigenvalue weighted by molar-refractivity contribution is 0.129. The number of aliphatic hydroxyl groups excluding tert-OH is 1.